The third kappa shape index (κ3) is 2.92. The highest BCUT2D eigenvalue weighted by Gasteiger charge is 2.23. The van der Waals surface area contributed by atoms with Crippen molar-refractivity contribution in [3.8, 4) is 0 Å². The molecular weight excluding hydrogens is 226 g/mol. The maximum atomic E-state index is 11.7. The van der Waals surface area contributed by atoms with Gasteiger partial charge in [0.2, 0.25) is 5.91 Å². The van der Waals surface area contributed by atoms with Crippen molar-refractivity contribution in [1.29, 1.82) is 0 Å². The summed E-state index contributed by atoms with van der Waals surface area (Å²) in [5.74, 6) is 0.308. The number of hydrogen-bond donors (Lipinski definition) is 1. The molecule has 1 N–H and O–H groups in total. The highest BCUT2D eigenvalue weighted by molar-refractivity contribution is 5.79. The molecular formula is C14H23N3O. The van der Waals surface area contributed by atoms with E-state index in [0.29, 0.717) is 6.04 Å². The first kappa shape index (κ1) is 13.1. The topological polar surface area (TPSA) is 46.9 Å². The fourth-order valence-corrected chi connectivity index (χ4v) is 2.64. The molecule has 0 radical (unpaired) electrons. The van der Waals surface area contributed by atoms with Crippen LogP contribution in [0.1, 0.15) is 51.3 Å². The van der Waals surface area contributed by atoms with E-state index in [1.807, 2.05) is 6.20 Å². The van der Waals surface area contributed by atoms with Crippen LogP contribution in [-0.2, 0) is 11.2 Å². The van der Waals surface area contributed by atoms with Crippen LogP contribution in [0.3, 0.4) is 0 Å². The minimum atomic E-state index is 0.115. The molecule has 100 valence electrons. The Morgan fingerprint density at radius 1 is 1.50 bits per heavy atom. The second kappa shape index (κ2) is 6.03. The van der Waals surface area contributed by atoms with E-state index >= 15 is 0 Å². The van der Waals surface area contributed by atoms with E-state index in [2.05, 4.69) is 35.0 Å². The standard InChI is InChI=1S/C14H23N3O/c1-3-13(4-2)17-9-7-12(16-17)10-11-6-5-8-15-14(11)18/h7,9,11,13H,3-6,8,10H2,1-2H3,(H,15,18). The molecule has 0 spiro atoms. The third-order valence-corrected chi connectivity index (χ3v) is 3.84. The molecule has 1 saturated heterocycles. The summed E-state index contributed by atoms with van der Waals surface area (Å²) in [6.45, 7) is 5.20. The first-order valence-corrected chi connectivity index (χ1v) is 7.06. The first-order chi connectivity index (χ1) is 8.74. The van der Waals surface area contributed by atoms with Crippen LogP contribution in [0, 0.1) is 5.92 Å². The lowest BCUT2D eigenvalue weighted by Gasteiger charge is -2.20. The van der Waals surface area contributed by atoms with Crippen molar-refractivity contribution in [3.05, 3.63) is 18.0 Å². The van der Waals surface area contributed by atoms with Crippen molar-refractivity contribution in [3.63, 3.8) is 0 Å². The lowest BCUT2D eigenvalue weighted by molar-refractivity contribution is -0.126. The summed E-state index contributed by atoms with van der Waals surface area (Å²) in [4.78, 5) is 11.7. The zero-order chi connectivity index (χ0) is 13.0. The van der Waals surface area contributed by atoms with Crippen LogP contribution in [0.5, 0.6) is 0 Å². The highest BCUT2D eigenvalue weighted by atomic mass is 16.1. The van der Waals surface area contributed by atoms with Gasteiger partial charge in [-0.1, -0.05) is 13.8 Å². The van der Waals surface area contributed by atoms with E-state index in [9.17, 15) is 4.79 Å². The number of amides is 1. The summed E-state index contributed by atoms with van der Waals surface area (Å²) in [7, 11) is 0. The molecule has 1 aromatic heterocycles. The zero-order valence-electron chi connectivity index (χ0n) is 11.4. The van der Waals surface area contributed by atoms with E-state index in [1.165, 1.54) is 0 Å². The number of carbonyl (C=O) groups is 1. The molecule has 0 aromatic carbocycles. The fraction of sp³-hybridized carbons (Fsp3) is 0.714. The fourth-order valence-electron chi connectivity index (χ4n) is 2.64. The summed E-state index contributed by atoms with van der Waals surface area (Å²) in [5, 5.41) is 7.55. The summed E-state index contributed by atoms with van der Waals surface area (Å²) < 4.78 is 2.05. The maximum Gasteiger partial charge on any atom is 0.223 e. The highest BCUT2D eigenvalue weighted by Crippen LogP contribution is 2.19. The number of hydrogen-bond acceptors (Lipinski definition) is 2. The summed E-state index contributed by atoms with van der Waals surface area (Å²) >= 11 is 0. The Labute approximate surface area is 109 Å². The van der Waals surface area contributed by atoms with Gasteiger partial charge in [0.1, 0.15) is 0 Å². The van der Waals surface area contributed by atoms with Crippen LogP contribution < -0.4 is 5.32 Å². The van der Waals surface area contributed by atoms with Crippen molar-refractivity contribution >= 4 is 5.91 Å². The van der Waals surface area contributed by atoms with Crippen molar-refractivity contribution in [2.45, 2.75) is 52.0 Å². The molecule has 2 rings (SSSR count). The summed E-state index contributed by atoms with van der Waals surface area (Å²) in [6, 6.07) is 2.54. The molecule has 2 heterocycles. The second-order valence-electron chi connectivity index (χ2n) is 5.09. The molecule has 1 amide bonds. The predicted molar refractivity (Wildman–Crippen MR) is 71.3 cm³/mol. The zero-order valence-corrected chi connectivity index (χ0v) is 11.4. The first-order valence-electron chi connectivity index (χ1n) is 7.06. The van der Waals surface area contributed by atoms with Crippen LogP contribution in [0.15, 0.2) is 12.3 Å². The largest absolute Gasteiger partial charge is 0.356 e. The van der Waals surface area contributed by atoms with Crippen LogP contribution >= 0.6 is 0 Å². The maximum absolute atomic E-state index is 11.7. The summed E-state index contributed by atoms with van der Waals surface area (Å²) in [5.41, 5.74) is 1.05. The van der Waals surface area contributed by atoms with Crippen molar-refractivity contribution in [1.82, 2.24) is 15.1 Å². The Morgan fingerprint density at radius 3 is 2.94 bits per heavy atom. The summed E-state index contributed by atoms with van der Waals surface area (Å²) in [6.07, 6.45) is 7.10. The van der Waals surface area contributed by atoms with Crippen molar-refractivity contribution in [2.24, 2.45) is 5.92 Å². The quantitative estimate of drug-likeness (QED) is 0.870. The van der Waals surface area contributed by atoms with Gasteiger partial charge in [-0.2, -0.15) is 5.10 Å². The molecule has 4 heteroatoms. The molecule has 1 aliphatic rings. The van der Waals surface area contributed by atoms with Crippen molar-refractivity contribution in [2.75, 3.05) is 6.54 Å². The number of nitrogens with zero attached hydrogens (tertiary/aromatic N) is 2. The van der Waals surface area contributed by atoms with E-state index < -0.39 is 0 Å². The van der Waals surface area contributed by atoms with Gasteiger partial charge < -0.3 is 5.32 Å². The van der Waals surface area contributed by atoms with Gasteiger partial charge in [0.25, 0.3) is 0 Å². The lowest BCUT2D eigenvalue weighted by Crippen LogP contribution is -2.37. The van der Waals surface area contributed by atoms with Gasteiger partial charge in [-0.15, -0.1) is 0 Å². The van der Waals surface area contributed by atoms with Gasteiger partial charge in [-0.05, 0) is 31.7 Å². The molecule has 18 heavy (non-hydrogen) atoms. The van der Waals surface area contributed by atoms with Gasteiger partial charge in [0.15, 0.2) is 0 Å². The van der Waals surface area contributed by atoms with Crippen molar-refractivity contribution < 1.29 is 4.79 Å². The monoisotopic (exact) mass is 249 g/mol. The third-order valence-electron chi connectivity index (χ3n) is 3.84. The van der Waals surface area contributed by atoms with Gasteiger partial charge in [-0.3, -0.25) is 9.48 Å². The normalized spacial score (nSPS) is 20.2. The Kier molecular flexibility index (Phi) is 4.39. The lowest BCUT2D eigenvalue weighted by atomic mass is 9.94. The van der Waals surface area contributed by atoms with Crippen LogP contribution in [-0.4, -0.2) is 22.2 Å². The SMILES string of the molecule is CCC(CC)n1ccc(CC2CCCNC2=O)n1. The molecule has 1 atom stereocenters. The number of piperidine rings is 1. The van der Waals surface area contributed by atoms with Gasteiger partial charge in [0, 0.05) is 25.1 Å². The Balaban J connectivity index is 1.99. The van der Waals surface area contributed by atoms with Gasteiger partial charge >= 0.3 is 0 Å². The second-order valence-corrected chi connectivity index (χ2v) is 5.09. The average Bonchev–Trinajstić information content (AvgIpc) is 2.82. The van der Waals surface area contributed by atoms with E-state index in [0.717, 1.165) is 44.3 Å². The Hall–Kier alpha value is -1.32. The molecule has 1 unspecified atom stereocenters. The van der Waals surface area contributed by atoms with Crippen LogP contribution in [0.25, 0.3) is 0 Å². The molecule has 4 nitrogen and oxygen atoms in total. The minimum Gasteiger partial charge on any atom is -0.356 e. The van der Waals surface area contributed by atoms with E-state index in [-0.39, 0.29) is 11.8 Å². The van der Waals surface area contributed by atoms with E-state index in [1.54, 1.807) is 0 Å². The van der Waals surface area contributed by atoms with Gasteiger partial charge in [-0.25, -0.2) is 0 Å². The molecule has 1 aliphatic heterocycles. The average molecular weight is 249 g/mol. The molecule has 0 saturated carbocycles. The minimum absolute atomic E-state index is 0.115. The Morgan fingerprint density at radius 2 is 2.28 bits per heavy atom. The Bertz CT molecular complexity index is 395. The van der Waals surface area contributed by atoms with E-state index in [4.69, 9.17) is 0 Å². The molecule has 1 aromatic rings. The predicted octanol–water partition coefficient (Wildman–Crippen LogP) is 2.31. The van der Waals surface area contributed by atoms with Crippen LogP contribution in [0.2, 0.25) is 0 Å². The number of carbonyl (C=O) groups excluding carboxylic acids is 1. The number of aromatic nitrogens is 2. The van der Waals surface area contributed by atoms with Gasteiger partial charge in [0.05, 0.1) is 11.7 Å². The number of nitrogens with one attached hydrogen (secondary N) is 1. The molecule has 0 bridgehead atoms. The molecule has 0 aliphatic carbocycles. The molecule has 1 fully saturated rings. The smallest absolute Gasteiger partial charge is 0.223 e. The number of rotatable bonds is 5. The van der Waals surface area contributed by atoms with Crippen LogP contribution in [0.4, 0.5) is 0 Å².